The lowest BCUT2D eigenvalue weighted by molar-refractivity contribution is -0.114. The predicted molar refractivity (Wildman–Crippen MR) is 119 cm³/mol. The number of rotatable bonds is 8. The van der Waals surface area contributed by atoms with Crippen molar-refractivity contribution in [3.63, 3.8) is 0 Å². The molecule has 0 bridgehead atoms. The average Bonchev–Trinajstić information content (AvgIpc) is 3.05. The number of hydrogen-bond donors (Lipinski definition) is 3. The second kappa shape index (κ2) is 10.7. The fraction of sp³-hybridized carbons (Fsp3) is 0.400. The van der Waals surface area contributed by atoms with Crippen molar-refractivity contribution < 1.29 is 28.4 Å². The first kappa shape index (κ1) is 24.1. The van der Waals surface area contributed by atoms with E-state index in [0.29, 0.717) is 28.7 Å². The Bertz CT molecular complexity index is 938. The van der Waals surface area contributed by atoms with Crippen LogP contribution in [0.1, 0.15) is 26.5 Å². The summed E-state index contributed by atoms with van der Waals surface area (Å²) in [4.78, 5) is 36.1. The maximum Gasteiger partial charge on any atom is 0.412 e. The van der Waals surface area contributed by atoms with Gasteiger partial charge in [-0.2, -0.15) is 0 Å². The van der Waals surface area contributed by atoms with E-state index in [0.717, 1.165) is 11.8 Å². The van der Waals surface area contributed by atoms with Crippen LogP contribution in [0.4, 0.5) is 22.0 Å². The summed E-state index contributed by atoms with van der Waals surface area (Å²) >= 11 is 1.15. The van der Waals surface area contributed by atoms with Gasteiger partial charge in [-0.25, -0.2) is 4.79 Å². The molecule has 31 heavy (non-hydrogen) atoms. The molecule has 3 amide bonds. The lowest BCUT2D eigenvalue weighted by Gasteiger charge is -2.20. The minimum atomic E-state index is -0.654. The number of aryl methyl sites for hydroxylation is 1. The number of anilines is 3. The van der Waals surface area contributed by atoms with Crippen LogP contribution in [0.15, 0.2) is 28.8 Å². The molecule has 11 heteroatoms. The van der Waals surface area contributed by atoms with E-state index in [1.807, 2.05) is 0 Å². The molecule has 0 saturated carbocycles. The molecule has 0 saturated heterocycles. The van der Waals surface area contributed by atoms with E-state index in [-0.39, 0.29) is 23.3 Å². The molecule has 0 fully saturated rings. The molecule has 0 spiro atoms. The molecule has 0 unspecified atom stereocenters. The Hall–Kier alpha value is -3.21. The van der Waals surface area contributed by atoms with Gasteiger partial charge in [-0.05, 0) is 45.9 Å². The van der Waals surface area contributed by atoms with Crippen molar-refractivity contribution in [2.45, 2.75) is 33.3 Å². The number of nitrogens with zero attached hydrogens (tertiary/aromatic N) is 1. The highest BCUT2D eigenvalue weighted by Gasteiger charge is 2.18. The number of methoxy groups -OCH3 is 1. The Morgan fingerprint density at radius 1 is 1.06 bits per heavy atom. The average molecular weight is 451 g/mol. The molecule has 3 N–H and O–H groups in total. The summed E-state index contributed by atoms with van der Waals surface area (Å²) in [7, 11) is 1.47. The maximum absolute atomic E-state index is 12.2. The summed E-state index contributed by atoms with van der Waals surface area (Å²) in [5, 5.41) is 11.6. The van der Waals surface area contributed by atoms with E-state index in [1.54, 1.807) is 52.0 Å². The number of benzene rings is 1. The van der Waals surface area contributed by atoms with Crippen molar-refractivity contribution in [1.29, 1.82) is 0 Å². The first-order valence-corrected chi connectivity index (χ1v) is 10.5. The number of carbonyl (C=O) groups excluding carboxylic acids is 3. The topological polar surface area (TPSA) is 132 Å². The molecule has 0 atom stereocenters. The van der Waals surface area contributed by atoms with E-state index in [1.165, 1.54) is 7.11 Å². The van der Waals surface area contributed by atoms with Crippen molar-refractivity contribution in [2.24, 2.45) is 0 Å². The fourth-order valence-electron chi connectivity index (χ4n) is 2.33. The first-order valence-electron chi connectivity index (χ1n) is 9.34. The SMILES string of the molecule is COc1ccc(NC(=O)CSCC(=O)Nc2cc(C)on2)cc1NC(=O)OC(C)(C)C. The quantitative estimate of drug-likeness (QED) is 0.555. The molecule has 1 aromatic carbocycles. The molecule has 1 heterocycles. The molecule has 1 aromatic heterocycles. The molecule has 2 aromatic rings. The van der Waals surface area contributed by atoms with Crippen LogP contribution in [0.2, 0.25) is 0 Å². The highest BCUT2D eigenvalue weighted by atomic mass is 32.2. The van der Waals surface area contributed by atoms with Crippen LogP contribution in [-0.2, 0) is 14.3 Å². The van der Waals surface area contributed by atoms with Gasteiger partial charge in [0.2, 0.25) is 11.8 Å². The van der Waals surface area contributed by atoms with E-state index in [2.05, 4.69) is 21.1 Å². The van der Waals surface area contributed by atoms with E-state index in [4.69, 9.17) is 14.0 Å². The van der Waals surface area contributed by atoms with Crippen LogP contribution in [0, 0.1) is 6.92 Å². The summed E-state index contributed by atoms with van der Waals surface area (Å²) in [5.74, 6) is 0.874. The molecule has 0 aliphatic rings. The number of hydrogen-bond acceptors (Lipinski definition) is 8. The summed E-state index contributed by atoms with van der Waals surface area (Å²) in [6.07, 6.45) is -0.641. The van der Waals surface area contributed by atoms with E-state index >= 15 is 0 Å². The molecule has 10 nitrogen and oxygen atoms in total. The van der Waals surface area contributed by atoms with Crippen molar-refractivity contribution >= 4 is 46.9 Å². The van der Waals surface area contributed by atoms with Crippen molar-refractivity contribution in [3.05, 3.63) is 30.0 Å². The van der Waals surface area contributed by atoms with Crippen LogP contribution in [0.3, 0.4) is 0 Å². The standard InChI is InChI=1S/C20H26N4O6S/c1-12-8-16(24-30-12)23-18(26)11-31-10-17(25)21-13-6-7-15(28-5)14(9-13)22-19(27)29-20(2,3)4/h6-9H,10-11H2,1-5H3,(H,21,25)(H,22,27)(H,23,24,26). The van der Waals surface area contributed by atoms with Gasteiger partial charge in [0.25, 0.3) is 0 Å². The van der Waals surface area contributed by atoms with Crippen LogP contribution in [0.25, 0.3) is 0 Å². The number of thioether (sulfide) groups is 1. The lowest BCUT2D eigenvalue weighted by atomic mass is 10.2. The van der Waals surface area contributed by atoms with Crippen molar-refractivity contribution in [1.82, 2.24) is 5.16 Å². The maximum atomic E-state index is 12.2. The number of ether oxygens (including phenoxy) is 2. The Balaban J connectivity index is 1.86. The van der Waals surface area contributed by atoms with Crippen LogP contribution in [0.5, 0.6) is 5.75 Å². The van der Waals surface area contributed by atoms with Gasteiger partial charge >= 0.3 is 6.09 Å². The third-order valence-electron chi connectivity index (χ3n) is 3.48. The molecule has 168 valence electrons. The summed E-state index contributed by atoms with van der Waals surface area (Å²) in [5.41, 5.74) is 0.156. The Labute approximate surface area is 184 Å². The highest BCUT2D eigenvalue weighted by molar-refractivity contribution is 8.00. The fourth-order valence-corrected chi connectivity index (χ4v) is 2.95. The molecule has 0 radical (unpaired) electrons. The zero-order valence-corrected chi connectivity index (χ0v) is 18.8. The second-order valence-electron chi connectivity index (χ2n) is 7.45. The predicted octanol–water partition coefficient (Wildman–Crippen LogP) is 3.65. The van der Waals surface area contributed by atoms with E-state index in [9.17, 15) is 14.4 Å². The number of carbonyl (C=O) groups is 3. The Kier molecular flexibility index (Phi) is 8.31. The minimum absolute atomic E-state index is 0.0616. The number of aromatic nitrogens is 1. The molecular formula is C20H26N4O6S. The van der Waals surface area contributed by atoms with Gasteiger partial charge in [0, 0.05) is 11.8 Å². The first-order chi connectivity index (χ1) is 14.6. The zero-order chi connectivity index (χ0) is 23.0. The zero-order valence-electron chi connectivity index (χ0n) is 18.0. The molecule has 0 aliphatic heterocycles. The van der Waals surface area contributed by atoms with E-state index < -0.39 is 11.7 Å². The lowest BCUT2D eigenvalue weighted by Crippen LogP contribution is -2.27. The largest absolute Gasteiger partial charge is 0.495 e. The second-order valence-corrected chi connectivity index (χ2v) is 8.44. The number of nitrogens with one attached hydrogen (secondary N) is 3. The van der Waals surface area contributed by atoms with Gasteiger partial charge in [0.05, 0.1) is 24.3 Å². The van der Waals surface area contributed by atoms with Gasteiger partial charge in [-0.3, -0.25) is 14.9 Å². The molecular weight excluding hydrogens is 424 g/mol. The highest BCUT2D eigenvalue weighted by Crippen LogP contribution is 2.28. The van der Waals surface area contributed by atoms with Gasteiger partial charge in [0.1, 0.15) is 17.1 Å². The normalized spacial score (nSPS) is 10.9. The third-order valence-corrected chi connectivity index (χ3v) is 4.41. The number of amides is 3. The minimum Gasteiger partial charge on any atom is -0.495 e. The van der Waals surface area contributed by atoms with Crippen molar-refractivity contribution in [2.75, 3.05) is 34.6 Å². The smallest absolute Gasteiger partial charge is 0.412 e. The molecule has 0 aliphatic carbocycles. The van der Waals surface area contributed by atoms with Crippen molar-refractivity contribution in [3.8, 4) is 5.75 Å². The van der Waals surface area contributed by atoms with Crippen LogP contribution >= 0.6 is 11.8 Å². The Morgan fingerprint density at radius 2 is 1.74 bits per heavy atom. The summed E-state index contributed by atoms with van der Waals surface area (Å²) in [6, 6.07) is 6.41. The third kappa shape index (κ3) is 8.59. The van der Waals surface area contributed by atoms with Gasteiger partial charge in [0.15, 0.2) is 5.82 Å². The Morgan fingerprint density at radius 3 is 2.32 bits per heavy atom. The summed E-state index contributed by atoms with van der Waals surface area (Å²) in [6.45, 7) is 6.98. The van der Waals surface area contributed by atoms with Crippen LogP contribution in [-0.4, -0.2) is 47.3 Å². The van der Waals surface area contributed by atoms with Gasteiger partial charge in [-0.15, -0.1) is 11.8 Å². The van der Waals surface area contributed by atoms with Crippen LogP contribution < -0.4 is 20.7 Å². The van der Waals surface area contributed by atoms with Gasteiger partial charge in [-0.1, -0.05) is 5.16 Å². The van der Waals surface area contributed by atoms with Gasteiger partial charge < -0.3 is 24.6 Å². The summed E-state index contributed by atoms with van der Waals surface area (Å²) < 4.78 is 15.3. The monoisotopic (exact) mass is 450 g/mol. The molecule has 2 rings (SSSR count).